The Bertz CT molecular complexity index is 152. The van der Waals surface area contributed by atoms with E-state index in [0.717, 1.165) is 6.04 Å². The summed E-state index contributed by atoms with van der Waals surface area (Å²) >= 11 is 0. The second-order valence-electron chi connectivity index (χ2n) is 5.54. The zero-order valence-corrected chi connectivity index (χ0v) is 11.5. The first-order valence-corrected chi connectivity index (χ1v) is 7.55. The average Bonchev–Trinajstić information content (AvgIpc) is 3.10. The Kier molecular flexibility index (Phi) is 7.92. The van der Waals surface area contributed by atoms with Crippen molar-refractivity contribution in [2.75, 3.05) is 13.6 Å². The summed E-state index contributed by atoms with van der Waals surface area (Å²) in [7, 11) is 2.29. The fraction of sp³-hybridized carbons (Fsp3) is 1.00. The molecule has 0 aromatic heterocycles. The number of nitrogens with zero attached hydrogens (tertiary/aromatic N) is 1. The van der Waals surface area contributed by atoms with Crippen molar-refractivity contribution in [2.24, 2.45) is 0 Å². The highest BCUT2D eigenvalue weighted by Crippen LogP contribution is 2.25. The molecule has 0 aromatic rings. The van der Waals surface area contributed by atoms with Gasteiger partial charge in [0.05, 0.1) is 0 Å². The zero-order chi connectivity index (χ0) is 11.6. The van der Waals surface area contributed by atoms with Crippen LogP contribution in [-0.2, 0) is 0 Å². The highest BCUT2D eigenvalue weighted by atomic mass is 15.1. The van der Waals surface area contributed by atoms with E-state index in [1.807, 2.05) is 0 Å². The predicted molar refractivity (Wildman–Crippen MR) is 72.9 cm³/mol. The molecule has 0 saturated heterocycles. The Morgan fingerprint density at radius 2 is 1.31 bits per heavy atom. The first-order valence-electron chi connectivity index (χ1n) is 7.55. The molecule has 0 radical (unpaired) electrons. The van der Waals surface area contributed by atoms with E-state index < -0.39 is 0 Å². The van der Waals surface area contributed by atoms with Crippen molar-refractivity contribution in [3.63, 3.8) is 0 Å². The molecule has 1 aliphatic carbocycles. The van der Waals surface area contributed by atoms with Crippen LogP contribution in [0.15, 0.2) is 0 Å². The standard InChI is InChI=1S/C15H31N/c1-3-4-5-6-7-8-9-10-11-14-16(2)15-12-13-15/h15H,3-14H2,1-2H3. The lowest BCUT2D eigenvalue weighted by atomic mass is 10.1. The van der Waals surface area contributed by atoms with Gasteiger partial charge in [-0.25, -0.2) is 0 Å². The molecular formula is C15H31N. The molecule has 0 aliphatic heterocycles. The summed E-state index contributed by atoms with van der Waals surface area (Å²) < 4.78 is 0. The normalized spacial score (nSPS) is 15.9. The highest BCUT2D eigenvalue weighted by molar-refractivity contribution is 4.81. The monoisotopic (exact) mass is 225 g/mol. The molecule has 1 fully saturated rings. The first-order chi connectivity index (χ1) is 7.84. The van der Waals surface area contributed by atoms with E-state index in [4.69, 9.17) is 0 Å². The molecule has 96 valence electrons. The SMILES string of the molecule is CCCCCCCCCCCN(C)C1CC1. The van der Waals surface area contributed by atoms with Crippen LogP contribution in [0.1, 0.15) is 77.6 Å². The van der Waals surface area contributed by atoms with Crippen molar-refractivity contribution in [2.45, 2.75) is 83.6 Å². The molecule has 16 heavy (non-hydrogen) atoms. The summed E-state index contributed by atoms with van der Waals surface area (Å²) in [6.07, 6.45) is 15.9. The maximum Gasteiger partial charge on any atom is 0.00933 e. The van der Waals surface area contributed by atoms with Gasteiger partial charge in [0, 0.05) is 6.04 Å². The molecule has 1 nitrogen and oxygen atoms in total. The van der Waals surface area contributed by atoms with Crippen molar-refractivity contribution in [1.82, 2.24) is 4.90 Å². The molecule has 0 amide bonds. The number of unbranched alkanes of at least 4 members (excludes halogenated alkanes) is 8. The Morgan fingerprint density at radius 3 is 1.81 bits per heavy atom. The van der Waals surface area contributed by atoms with Crippen LogP contribution < -0.4 is 0 Å². The van der Waals surface area contributed by atoms with Gasteiger partial charge in [-0.15, -0.1) is 0 Å². The molecule has 0 atom stereocenters. The van der Waals surface area contributed by atoms with Crippen molar-refractivity contribution in [1.29, 1.82) is 0 Å². The molecule has 0 heterocycles. The third-order valence-corrected chi connectivity index (χ3v) is 3.78. The third-order valence-electron chi connectivity index (χ3n) is 3.78. The molecule has 1 rings (SSSR count). The van der Waals surface area contributed by atoms with Crippen LogP contribution in [0.4, 0.5) is 0 Å². The lowest BCUT2D eigenvalue weighted by Crippen LogP contribution is -2.21. The van der Waals surface area contributed by atoms with E-state index in [0.29, 0.717) is 0 Å². The number of hydrogen-bond acceptors (Lipinski definition) is 1. The molecule has 1 aliphatic rings. The van der Waals surface area contributed by atoms with E-state index in [2.05, 4.69) is 18.9 Å². The van der Waals surface area contributed by atoms with Gasteiger partial charge in [-0.1, -0.05) is 58.3 Å². The Morgan fingerprint density at radius 1 is 0.812 bits per heavy atom. The first kappa shape index (κ1) is 14.0. The molecule has 0 unspecified atom stereocenters. The van der Waals surface area contributed by atoms with Crippen molar-refractivity contribution >= 4 is 0 Å². The fourth-order valence-corrected chi connectivity index (χ4v) is 2.37. The van der Waals surface area contributed by atoms with Crippen molar-refractivity contribution in [3.8, 4) is 0 Å². The van der Waals surface area contributed by atoms with Gasteiger partial charge in [0.25, 0.3) is 0 Å². The van der Waals surface area contributed by atoms with Crippen LogP contribution in [0, 0.1) is 0 Å². The topological polar surface area (TPSA) is 3.24 Å². The van der Waals surface area contributed by atoms with Crippen LogP contribution in [0.25, 0.3) is 0 Å². The lowest BCUT2D eigenvalue weighted by Gasteiger charge is -2.14. The van der Waals surface area contributed by atoms with Gasteiger partial charge in [-0.3, -0.25) is 0 Å². The van der Waals surface area contributed by atoms with Gasteiger partial charge < -0.3 is 4.90 Å². The number of rotatable bonds is 11. The summed E-state index contributed by atoms with van der Waals surface area (Å²) in [5.41, 5.74) is 0. The zero-order valence-electron chi connectivity index (χ0n) is 11.5. The maximum atomic E-state index is 2.56. The van der Waals surface area contributed by atoms with E-state index >= 15 is 0 Å². The van der Waals surface area contributed by atoms with E-state index in [1.54, 1.807) is 0 Å². The molecule has 0 spiro atoms. The van der Waals surface area contributed by atoms with Gasteiger partial charge in [0.2, 0.25) is 0 Å². The Balaban J connectivity index is 1.71. The van der Waals surface area contributed by atoms with Gasteiger partial charge in [0.1, 0.15) is 0 Å². The maximum absolute atomic E-state index is 2.56. The summed E-state index contributed by atoms with van der Waals surface area (Å²) in [5, 5.41) is 0. The molecular weight excluding hydrogens is 194 g/mol. The Labute approximate surface area is 103 Å². The van der Waals surface area contributed by atoms with E-state index in [1.165, 1.54) is 77.2 Å². The van der Waals surface area contributed by atoms with Gasteiger partial charge in [0.15, 0.2) is 0 Å². The predicted octanol–water partition coefficient (Wildman–Crippen LogP) is 4.61. The molecule has 1 saturated carbocycles. The van der Waals surface area contributed by atoms with Gasteiger partial charge in [-0.2, -0.15) is 0 Å². The summed E-state index contributed by atoms with van der Waals surface area (Å²) in [6.45, 7) is 3.62. The largest absolute Gasteiger partial charge is 0.303 e. The van der Waals surface area contributed by atoms with E-state index in [9.17, 15) is 0 Å². The Hall–Kier alpha value is -0.0400. The summed E-state index contributed by atoms with van der Waals surface area (Å²) in [4.78, 5) is 2.56. The van der Waals surface area contributed by atoms with Gasteiger partial charge in [-0.05, 0) is 32.9 Å². The minimum Gasteiger partial charge on any atom is -0.303 e. The second kappa shape index (κ2) is 9.04. The van der Waals surface area contributed by atoms with Crippen LogP contribution in [0.5, 0.6) is 0 Å². The molecule has 0 aromatic carbocycles. The van der Waals surface area contributed by atoms with Crippen LogP contribution in [0.3, 0.4) is 0 Å². The van der Waals surface area contributed by atoms with Crippen LogP contribution in [0.2, 0.25) is 0 Å². The minimum atomic E-state index is 0.953. The quantitative estimate of drug-likeness (QED) is 0.464. The molecule has 0 N–H and O–H groups in total. The molecule has 0 bridgehead atoms. The molecule has 1 heteroatoms. The number of hydrogen-bond donors (Lipinski definition) is 0. The smallest absolute Gasteiger partial charge is 0.00933 e. The second-order valence-corrected chi connectivity index (χ2v) is 5.54. The van der Waals surface area contributed by atoms with Crippen molar-refractivity contribution < 1.29 is 0 Å². The van der Waals surface area contributed by atoms with Crippen LogP contribution >= 0.6 is 0 Å². The lowest BCUT2D eigenvalue weighted by molar-refractivity contribution is 0.314. The minimum absolute atomic E-state index is 0.953. The fourth-order valence-electron chi connectivity index (χ4n) is 2.37. The summed E-state index contributed by atoms with van der Waals surface area (Å²) in [5.74, 6) is 0. The average molecular weight is 225 g/mol. The highest BCUT2D eigenvalue weighted by Gasteiger charge is 2.25. The van der Waals surface area contributed by atoms with Crippen molar-refractivity contribution in [3.05, 3.63) is 0 Å². The van der Waals surface area contributed by atoms with E-state index in [-0.39, 0.29) is 0 Å². The third kappa shape index (κ3) is 7.27. The van der Waals surface area contributed by atoms with Crippen LogP contribution in [-0.4, -0.2) is 24.5 Å². The van der Waals surface area contributed by atoms with Gasteiger partial charge >= 0.3 is 0 Å². The summed E-state index contributed by atoms with van der Waals surface area (Å²) in [6, 6.07) is 0.953.